The SMILES string of the molecule is CN(C)c1nc(CNCc2ccccc2)c(Cl)n1-c1ccccc1. The lowest BCUT2D eigenvalue weighted by molar-refractivity contribution is 0.682. The zero-order valence-corrected chi connectivity index (χ0v) is 14.7. The first kappa shape index (κ1) is 16.6. The van der Waals surface area contributed by atoms with Crippen LogP contribution in [0.15, 0.2) is 60.7 Å². The van der Waals surface area contributed by atoms with Gasteiger partial charge in [-0.3, -0.25) is 4.57 Å². The Morgan fingerprint density at radius 1 is 0.958 bits per heavy atom. The van der Waals surface area contributed by atoms with E-state index in [4.69, 9.17) is 16.6 Å². The summed E-state index contributed by atoms with van der Waals surface area (Å²) in [6.45, 7) is 1.40. The van der Waals surface area contributed by atoms with Gasteiger partial charge in [-0.1, -0.05) is 60.1 Å². The summed E-state index contributed by atoms with van der Waals surface area (Å²) in [5, 5.41) is 4.05. The topological polar surface area (TPSA) is 33.1 Å². The second kappa shape index (κ2) is 7.51. The van der Waals surface area contributed by atoms with Crippen LogP contribution in [-0.2, 0) is 13.1 Å². The van der Waals surface area contributed by atoms with Crippen molar-refractivity contribution in [2.75, 3.05) is 19.0 Å². The molecule has 0 saturated heterocycles. The van der Waals surface area contributed by atoms with E-state index >= 15 is 0 Å². The van der Waals surface area contributed by atoms with Crippen LogP contribution in [0, 0.1) is 0 Å². The smallest absolute Gasteiger partial charge is 0.211 e. The van der Waals surface area contributed by atoms with Crippen molar-refractivity contribution in [3.8, 4) is 5.69 Å². The summed E-state index contributed by atoms with van der Waals surface area (Å²) in [6.07, 6.45) is 0. The second-order valence-electron chi connectivity index (χ2n) is 5.80. The molecule has 1 N–H and O–H groups in total. The molecule has 0 saturated carbocycles. The van der Waals surface area contributed by atoms with Crippen LogP contribution >= 0.6 is 11.6 Å². The average molecular weight is 341 g/mol. The Morgan fingerprint density at radius 3 is 2.21 bits per heavy atom. The quantitative estimate of drug-likeness (QED) is 0.739. The fraction of sp³-hybridized carbons (Fsp3) is 0.211. The maximum atomic E-state index is 6.62. The summed E-state index contributed by atoms with van der Waals surface area (Å²) in [6, 6.07) is 20.3. The molecule has 0 radical (unpaired) electrons. The van der Waals surface area contributed by atoms with Crippen LogP contribution in [0.2, 0.25) is 5.15 Å². The highest BCUT2D eigenvalue weighted by Gasteiger charge is 2.17. The van der Waals surface area contributed by atoms with Crippen molar-refractivity contribution in [1.82, 2.24) is 14.9 Å². The molecule has 3 rings (SSSR count). The lowest BCUT2D eigenvalue weighted by Crippen LogP contribution is -2.15. The van der Waals surface area contributed by atoms with E-state index in [9.17, 15) is 0 Å². The van der Waals surface area contributed by atoms with Gasteiger partial charge in [-0.05, 0) is 17.7 Å². The minimum Gasteiger partial charge on any atom is -0.348 e. The number of anilines is 1. The molecule has 3 aromatic rings. The molecule has 124 valence electrons. The van der Waals surface area contributed by atoms with Gasteiger partial charge in [-0.2, -0.15) is 0 Å². The van der Waals surface area contributed by atoms with Crippen molar-refractivity contribution in [3.63, 3.8) is 0 Å². The number of aromatic nitrogens is 2. The van der Waals surface area contributed by atoms with Crippen molar-refractivity contribution in [1.29, 1.82) is 0 Å². The van der Waals surface area contributed by atoms with Crippen molar-refractivity contribution < 1.29 is 0 Å². The Labute approximate surface area is 147 Å². The zero-order chi connectivity index (χ0) is 16.9. The molecule has 5 heteroatoms. The Hall–Kier alpha value is -2.30. The largest absolute Gasteiger partial charge is 0.348 e. The second-order valence-corrected chi connectivity index (χ2v) is 6.16. The normalized spacial score (nSPS) is 10.8. The minimum atomic E-state index is 0.619. The van der Waals surface area contributed by atoms with E-state index in [1.54, 1.807) is 0 Å². The van der Waals surface area contributed by atoms with E-state index in [1.165, 1.54) is 5.56 Å². The molecule has 1 aromatic heterocycles. The molecule has 0 amide bonds. The Bertz CT molecular complexity index is 782. The molecule has 2 aromatic carbocycles. The van der Waals surface area contributed by atoms with Gasteiger partial charge in [-0.25, -0.2) is 4.98 Å². The summed E-state index contributed by atoms with van der Waals surface area (Å²) < 4.78 is 1.97. The van der Waals surface area contributed by atoms with Crippen molar-refractivity contribution in [3.05, 3.63) is 77.1 Å². The number of hydrogen-bond donors (Lipinski definition) is 1. The fourth-order valence-corrected chi connectivity index (χ4v) is 2.86. The number of imidazole rings is 1. The van der Waals surface area contributed by atoms with Crippen LogP contribution in [0.4, 0.5) is 5.95 Å². The predicted octanol–water partition coefficient (Wildman–Crippen LogP) is 3.88. The highest BCUT2D eigenvalue weighted by molar-refractivity contribution is 6.30. The molecule has 24 heavy (non-hydrogen) atoms. The van der Waals surface area contributed by atoms with Crippen LogP contribution in [0.1, 0.15) is 11.3 Å². The summed E-state index contributed by atoms with van der Waals surface area (Å²) in [4.78, 5) is 6.68. The summed E-state index contributed by atoms with van der Waals surface area (Å²) >= 11 is 6.62. The third-order valence-electron chi connectivity index (χ3n) is 3.75. The standard InChI is InChI=1S/C19H21ClN4/c1-23(2)19-22-17(14-21-13-15-9-5-3-6-10-15)18(20)24(19)16-11-7-4-8-12-16/h3-12,21H,13-14H2,1-2H3. The van der Waals surface area contributed by atoms with Gasteiger partial charge in [0.25, 0.3) is 0 Å². The van der Waals surface area contributed by atoms with Gasteiger partial charge in [0.2, 0.25) is 5.95 Å². The van der Waals surface area contributed by atoms with Gasteiger partial charge in [0, 0.05) is 32.9 Å². The van der Waals surface area contributed by atoms with Gasteiger partial charge in [-0.15, -0.1) is 0 Å². The highest BCUT2D eigenvalue weighted by atomic mass is 35.5. The first-order chi connectivity index (χ1) is 11.7. The van der Waals surface area contributed by atoms with E-state index in [0.29, 0.717) is 11.7 Å². The first-order valence-corrected chi connectivity index (χ1v) is 8.29. The number of para-hydroxylation sites is 1. The number of hydrogen-bond acceptors (Lipinski definition) is 3. The Morgan fingerprint density at radius 2 is 1.58 bits per heavy atom. The molecule has 0 unspecified atom stereocenters. The summed E-state index contributed by atoms with van der Waals surface area (Å²) in [7, 11) is 3.94. The third kappa shape index (κ3) is 3.61. The fourth-order valence-electron chi connectivity index (χ4n) is 2.57. The van der Waals surface area contributed by atoms with Crippen molar-refractivity contribution >= 4 is 17.5 Å². The lowest BCUT2D eigenvalue weighted by atomic mass is 10.2. The molecule has 0 spiro atoms. The summed E-state index contributed by atoms with van der Waals surface area (Å²) in [5.41, 5.74) is 3.09. The van der Waals surface area contributed by atoms with Crippen LogP contribution in [0.25, 0.3) is 5.69 Å². The zero-order valence-electron chi connectivity index (χ0n) is 13.9. The van der Waals surface area contributed by atoms with E-state index < -0.39 is 0 Å². The molecule has 0 bridgehead atoms. The van der Waals surface area contributed by atoms with Gasteiger partial charge >= 0.3 is 0 Å². The van der Waals surface area contributed by atoms with Gasteiger partial charge < -0.3 is 10.2 Å². The van der Waals surface area contributed by atoms with Crippen LogP contribution < -0.4 is 10.2 Å². The molecule has 0 aliphatic heterocycles. The lowest BCUT2D eigenvalue weighted by Gasteiger charge is -2.14. The maximum Gasteiger partial charge on any atom is 0.211 e. The van der Waals surface area contributed by atoms with E-state index in [-0.39, 0.29) is 0 Å². The van der Waals surface area contributed by atoms with E-state index in [1.807, 2.05) is 72.1 Å². The molecular weight excluding hydrogens is 320 g/mol. The molecule has 0 atom stereocenters. The first-order valence-electron chi connectivity index (χ1n) is 7.91. The number of nitrogens with one attached hydrogen (secondary N) is 1. The number of rotatable bonds is 6. The van der Waals surface area contributed by atoms with Gasteiger partial charge in [0.15, 0.2) is 0 Å². The van der Waals surface area contributed by atoms with Gasteiger partial charge in [0.05, 0.1) is 5.69 Å². The average Bonchev–Trinajstić information content (AvgIpc) is 2.94. The van der Waals surface area contributed by atoms with Crippen LogP contribution in [0.5, 0.6) is 0 Å². The maximum absolute atomic E-state index is 6.62. The predicted molar refractivity (Wildman–Crippen MR) is 99.9 cm³/mol. The molecular formula is C19H21ClN4. The van der Waals surface area contributed by atoms with Crippen molar-refractivity contribution in [2.24, 2.45) is 0 Å². The van der Waals surface area contributed by atoms with E-state index in [0.717, 1.165) is 23.9 Å². The number of nitrogens with zero attached hydrogens (tertiary/aromatic N) is 3. The third-order valence-corrected chi connectivity index (χ3v) is 4.14. The van der Waals surface area contributed by atoms with Crippen LogP contribution in [-0.4, -0.2) is 23.6 Å². The number of benzene rings is 2. The Kier molecular flexibility index (Phi) is 5.18. The highest BCUT2D eigenvalue weighted by Crippen LogP contribution is 2.27. The molecule has 0 fully saturated rings. The number of halogens is 1. The monoisotopic (exact) mass is 340 g/mol. The molecule has 0 aliphatic rings. The molecule has 4 nitrogen and oxygen atoms in total. The van der Waals surface area contributed by atoms with Gasteiger partial charge in [0.1, 0.15) is 5.15 Å². The van der Waals surface area contributed by atoms with Crippen LogP contribution in [0.3, 0.4) is 0 Å². The molecule has 0 aliphatic carbocycles. The van der Waals surface area contributed by atoms with E-state index in [2.05, 4.69) is 17.4 Å². The minimum absolute atomic E-state index is 0.619. The molecule has 1 heterocycles. The summed E-state index contributed by atoms with van der Waals surface area (Å²) in [5.74, 6) is 0.822. The van der Waals surface area contributed by atoms with Crippen molar-refractivity contribution in [2.45, 2.75) is 13.1 Å². The Balaban J connectivity index is 1.81.